The first-order valence-electron chi connectivity index (χ1n) is 9.98. The molecular weight excluding hydrogens is 388 g/mol. The first-order chi connectivity index (χ1) is 15.1. The summed E-state index contributed by atoms with van der Waals surface area (Å²) in [4.78, 5) is 20.0. The van der Waals surface area contributed by atoms with Crippen LogP contribution in [-0.2, 0) is 6.42 Å². The molecule has 31 heavy (non-hydrogen) atoms. The van der Waals surface area contributed by atoms with Crippen molar-refractivity contribution in [3.8, 4) is 23.1 Å². The zero-order valence-corrected chi connectivity index (χ0v) is 17.4. The molecule has 2 aromatic heterocycles. The van der Waals surface area contributed by atoms with Crippen LogP contribution in [0, 0.1) is 18.3 Å². The van der Waals surface area contributed by atoms with Gasteiger partial charge in [-0.15, -0.1) is 0 Å². The molecule has 0 saturated carbocycles. The fraction of sp³-hybridized carbons (Fsp3) is 0.160. The summed E-state index contributed by atoms with van der Waals surface area (Å²) in [5.41, 5.74) is 6.15. The minimum Gasteiger partial charge on any atom is -0.481 e. The van der Waals surface area contributed by atoms with Crippen LogP contribution in [0.15, 0.2) is 60.9 Å². The maximum Gasteiger partial charge on any atom is 0.251 e. The van der Waals surface area contributed by atoms with E-state index in [0.717, 1.165) is 33.2 Å². The monoisotopic (exact) mass is 410 g/mol. The van der Waals surface area contributed by atoms with Crippen molar-refractivity contribution in [3.05, 3.63) is 83.2 Å². The summed E-state index contributed by atoms with van der Waals surface area (Å²) in [7, 11) is 1.59. The highest BCUT2D eigenvalue weighted by Gasteiger charge is 2.11. The van der Waals surface area contributed by atoms with E-state index in [4.69, 9.17) is 4.74 Å². The standard InChI is InChI=1S/C25H22N4O2/c1-16-11-18(19-5-8-24(31-2)29-14-19)4-6-21(16)25(30)27-10-9-17-3-7-23-22(12-17)20(13-26)15-28-23/h3-8,11-12,14-15,28H,9-10H2,1-2H3,(H,27,30). The largest absolute Gasteiger partial charge is 0.481 e. The number of rotatable bonds is 6. The van der Waals surface area contributed by atoms with Gasteiger partial charge in [-0.25, -0.2) is 4.98 Å². The number of nitrogens with zero attached hydrogens (tertiary/aromatic N) is 2. The van der Waals surface area contributed by atoms with E-state index in [1.165, 1.54) is 0 Å². The second-order valence-corrected chi connectivity index (χ2v) is 7.32. The molecule has 0 radical (unpaired) electrons. The molecule has 0 bridgehead atoms. The van der Waals surface area contributed by atoms with E-state index in [9.17, 15) is 10.1 Å². The zero-order chi connectivity index (χ0) is 21.8. The highest BCUT2D eigenvalue weighted by atomic mass is 16.5. The number of aryl methyl sites for hydroxylation is 1. The molecule has 0 aliphatic carbocycles. The third kappa shape index (κ3) is 4.26. The number of hydrogen-bond donors (Lipinski definition) is 2. The van der Waals surface area contributed by atoms with Gasteiger partial charge in [-0.1, -0.05) is 18.2 Å². The maximum absolute atomic E-state index is 12.7. The van der Waals surface area contributed by atoms with Gasteiger partial charge in [0.1, 0.15) is 6.07 Å². The van der Waals surface area contributed by atoms with Gasteiger partial charge in [-0.3, -0.25) is 4.79 Å². The fourth-order valence-corrected chi connectivity index (χ4v) is 3.60. The Bertz CT molecular complexity index is 1280. The molecule has 2 aromatic carbocycles. The van der Waals surface area contributed by atoms with Crippen molar-refractivity contribution in [1.82, 2.24) is 15.3 Å². The van der Waals surface area contributed by atoms with Crippen molar-refractivity contribution < 1.29 is 9.53 Å². The number of pyridine rings is 1. The van der Waals surface area contributed by atoms with Crippen LogP contribution < -0.4 is 10.1 Å². The number of ether oxygens (including phenoxy) is 1. The molecule has 0 atom stereocenters. The van der Waals surface area contributed by atoms with Gasteiger partial charge in [0.25, 0.3) is 5.91 Å². The predicted molar refractivity (Wildman–Crippen MR) is 120 cm³/mol. The summed E-state index contributed by atoms with van der Waals surface area (Å²) < 4.78 is 5.10. The van der Waals surface area contributed by atoms with Gasteiger partial charge in [0.15, 0.2) is 0 Å². The Balaban J connectivity index is 1.41. The third-order valence-corrected chi connectivity index (χ3v) is 5.32. The first-order valence-corrected chi connectivity index (χ1v) is 9.98. The maximum atomic E-state index is 12.7. The molecule has 0 aliphatic rings. The Morgan fingerprint density at radius 1 is 1.16 bits per heavy atom. The van der Waals surface area contributed by atoms with Gasteiger partial charge in [-0.2, -0.15) is 5.26 Å². The number of H-pyrrole nitrogens is 1. The second kappa shape index (κ2) is 8.72. The smallest absolute Gasteiger partial charge is 0.251 e. The van der Waals surface area contributed by atoms with Gasteiger partial charge in [0, 0.05) is 47.0 Å². The molecule has 4 rings (SSSR count). The van der Waals surface area contributed by atoms with Gasteiger partial charge in [0.2, 0.25) is 5.88 Å². The van der Waals surface area contributed by atoms with E-state index in [0.29, 0.717) is 30.0 Å². The first kappa shape index (κ1) is 20.2. The number of fused-ring (bicyclic) bond motifs is 1. The van der Waals surface area contributed by atoms with Gasteiger partial charge in [-0.05, 0) is 54.3 Å². The van der Waals surface area contributed by atoms with Crippen LogP contribution >= 0.6 is 0 Å². The third-order valence-electron chi connectivity index (χ3n) is 5.32. The Kier molecular flexibility index (Phi) is 5.67. The lowest BCUT2D eigenvalue weighted by molar-refractivity contribution is 0.0953. The summed E-state index contributed by atoms with van der Waals surface area (Å²) in [5.74, 6) is 0.466. The Labute approximate surface area is 180 Å². The van der Waals surface area contributed by atoms with Crippen molar-refractivity contribution in [2.24, 2.45) is 0 Å². The summed E-state index contributed by atoms with van der Waals surface area (Å²) in [6.45, 7) is 2.44. The normalized spacial score (nSPS) is 10.6. The molecule has 4 aromatic rings. The van der Waals surface area contributed by atoms with E-state index in [-0.39, 0.29) is 5.91 Å². The number of carbonyl (C=O) groups excluding carboxylic acids is 1. The van der Waals surface area contributed by atoms with Gasteiger partial charge in [0.05, 0.1) is 12.7 Å². The molecule has 154 valence electrons. The van der Waals surface area contributed by atoms with Gasteiger partial charge >= 0.3 is 0 Å². The van der Waals surface area contributed by atoms with Gasteiger partial charge < -0.3 is 15.0 Å². The second-order valence-electron chi connectivity index (χ2n) is 7.32. The Morgan fingerprint density at radius 2 is 2.00 bits per heavy atom. The lowest BCUT2D eigenvalue weighted by Gasteiger charge is -2.10. The number of aromatic amines is 1. The topological polar surface area (TPSA) is 90.8 Å². The predicted octanol–water partition coefficient (Wildman–Crippen LogP) is 4.39. The fourth-order valence-electron chi connectivity index (χ4n) is 3.60. The number of carbonyl (C=O) groups is 1. The van der Waals surface area contributed by atoms with Crippen molar-refractivity contribution in [2.45, 2.75) is 13.3 Å². The number of hydrogen-bond acceptors (Lipinski definition) is 4. The van der Waals surface area contributed by atoms with E-state index >= 15 is 0 Å². The van der Waals surface area contributed by atoms with Crippen LogP contribution in [0.25, 0.3) is 22.0 Å². The SMILES string of the molecule is COc1ccc(-c2ccc(C(=O)NCCc3ccc4[nH]cc(C#N)c4c3)c(C)c2)cn1. The number of aromatic nitrogens is 2. The molecular formula is C25H22N4O2. The molecule has 0 unspecified atom stereocenters. The molecule has 1 amide bonds. The summed E-state index contributed by atoms with van der Waals surface area (Å²) >= 11 is 0. The summed E-state index contributed by atoms with van der Waals surface area (Å²) in [6, 6.07) is 17.7. The molecule has 0 saturated heterocycles. The Morgan fingerprint density at radius 3 is 2.71 bits per heavy atom. The molecule has 6 nitrogen and oxygen atoms in total. The number of amides is 1. The Hall–Kier alpha value is -4.11. The number of benzene rings is 2. The number of nitriles is 1. The quantitative estimate of drug-likeness (QED) is 0.493. The van der Waals surface area contributed by atoms with Crippen molar-refractivity contribution in [2.75, 3.05) is 13.7 Å². The van der Waals surface area contributed by atoms with Crippen molar-refractivity contribution >= 4 is 16.8 Å². The molecule has 0 fully saturated rings. The minimum atomic E-state index is -0.0997. The van der Waals surface area contributed by atoms with Crippen LogP contribution in [0.1, 0.15) is 27.0 Å². The van der Waals surface area contributed by atoms with Crippen molar-refractivity contribution in [3.63, 3.8) is 0 Å². The van der Waals surface area contributed by atoms with Crippen LogP contribution in [0.2, 0.25) is 0 Å². The highest BCUT2D eigenvalue weighted by Crippen LogP contribution is 2.23. The molecule has 0 aliphatic heterocycles. The van der Waals surface area contributed by atoms with Crippen LogP contribution in [-0.4, -0.2) is 29.5 Å². The molecule has 2 N–H and O–H groups in total. The minimum absolute atomic E-state index is 0.0997. The average molecular weight is 410 g/mol. The van der Waals surface area contributed by atoms with Crippen molar-refractivity contribution in [1.29, 1.82) is 5.26 Å². The van der Waals surface area contributed by atoms with E-state index in [2.05, 4.69) is 21.4 Å². The van der Waals surface area contributed by atoms with Crippen LogP contribution in [0.4, 0.5) is 0 Å². The van der Waals surface area contributed by atoms with Crippen LogP contribution in [0.5, 0.6) is 5.88 Å². The summed E-state index contributed by atoms with van der Waals surface area (Å²) in [5, 5.41) is 13.1. The van der Waals surface area contributed by atoms with E-state index < -0.39 is 0 Å². The van der Waals surface area contributed by atoms with E-state index in [1.54, 1.807) is 19.5 Å². The van der Waals surface area contributed by atoms with Crippen LogP contribution in [0.3, 0.4) is 0 Å². The molecule has 6 heteroatoms. The lowest BCUT2D eigenvalue weighted by Crippen LogP contribution is -2.26. The average Bonchev–Trinajstić information content (AvgIpc) is 3.21. The van der Waals surface area contributed by atoms with E-state index in [1.807, 2.05) is 55.5 Å². The molecule has 0 spiro atoms. The zero-order valence-electron chi connectivity index (χ0n) is 17.4. The lowest BCUT2D eigenvalue weighted by atomic mass is 10.0. The number of methoxy groups -OCH3 is 1. The molecule has 2 heterocycles. The summed E-state index contributed by atoms with van der Waals surface area (Å²) in [6.07, 6.45) is 4.16. The highest BCUT2D eigenvalue weighted by molar-refractivity contribution is 5.96. The number of nitrogens with one attached hydrogen (secondary N) is 2.